The van der Waals surface area contributed by atoms with Crippen molar-refractivity contribution < 1.29 is 9.53 Å². The van der Waals surface area contributed by atoms with Crippen molar-refractivity contribution in [1.82, 2.24) is 0 Å². The maximum Gasteiger partial charge on any atom is 0.187 e. The first kappa shape index (κ1) is 11.0. The third-order valence-electron chi connectivity index (χ3n) is 3.16. The Labute approximate surface area is 105 Å². The standard InChI is InChI=1S/C15H13NO2/c16-13-14(17)11-8-4-5-9-12(11)18-15(13)10-6-2-1-3-7-10/h1-9,13,15H,16H2/t13-,15+/m0/s1. The van der Waals surface area contributed by atoms with Gasteiger partial charge < -0.3 is 10.5 Å². The number of rotatable bonds is 1. The minimum Gasteiger partial charge on any atom is -0.483 e. The van der Waals surface area contributed by atoms with Crippen molar-refractivity contribution in [3.05, 3.63) is 65.7 Å². The maximum atomic E-state index is 12.2. The molecule has 1 aliphatic rings. The van der Waals surface area contributed by atoms with Gasteiger partial charge in [-0.05, 0) is 17.7 Å². The summed E-state index contributed by atoms with van der Waals surface area (Å²) in [6, 6.07) is 16.2. The molecule has 0 spiro atoms. The van der Waals surface area contributed by atoms with Gasteiger partial charge in [-0.15, -0.1) is 0 Å². The van der Waals surface area contributed by atoms with Gasteiger partial charge in [0.15, 0.2) is 5.78 Å². The molecular weight excluding hydrogens is 226 g/mol. The normalized spacial score (nSPS) is 22.2. The van der Waals surface area contributed by atoms with Gasteiger partial charge in [0.2, 0.25) is 0 Å². The van der Waals surface area contributed by atoms with Crippen LogP contribution in [0.2, 0.25) is 0 Å². The molecule has 2 aromatic rings. The summed E-state index contributed by atoms with van der Waals surface area (Å²) < 4.78 is 5.85. The van der Waals surface area contributed by atoms with Gasteiger partial charge in [-0.3, -0.25) is 4.79 Å². The van der Waals surface area contributed by atoms with E-state index in [2.05, 4.69) is 0 Å². The van der Waals surface area contributed by atoms with E-state index < -0.39 is 12.1 Å². The molecule has 2 aromatic carbocycles. The highest BCUT2D eigenvalue weighted by molar-refractivity contribution is 6.03. The summed E-state index contributed by atoms with van der Waals surface area (Å²) >= 11 is 0. The largest absolute Gasteiger partial charge is 0.483 e. The molecule has 0 aliphatic carbocycles. The molecule has 0 amide bonds. The van der Waals surface area contributed by atoms with Crippen molar-refractivity contribution in [3.63, 3.8) is 0 Å². The van der Waals surface area contributed by atoms with E-state index in [1.165, 1.54) is 0 Å². The molecule has 1 aliphatic heterocycles. The topological polar surface area (TPSA) is 52.3 Å². The highest BCUT2D eigenvalue weighted by Crippen LogP contribution is 2.33. The fourth-order valence-electron chi connectivity index (χ4n) is 2.22. The van der Waals surface area contributed by atoms with Gasteiger partial charge in [-0.1, -0.05) is 42.5 Å². The van der Waals surface area contributed by atoms with E-state index in [-0.39, 0.29) is 5.78 Å². The Balaban J connectivity index is 2.04. The number of carbonyl (C=O) groups is 1. The van der Waals surface area contributed by atoms with Gasteiger partial charge in [0.25, 0.3) is 0 Å². The highest BCUT2D eigenvalue weighted by Gasteiger charge is 2.35. The molecule has 0 fully saturated rings. The molecule has 0 unspecified atom stereocenters. The summed E-state index contributed by atoms with van der Waals surface area (Å²) in [6.07, 6.45) is -0.409. The van der Waals surface area contributed by atoms with Crippen molar-refractivity contribution in [3.8, 4) is 5.75 Å². The lowest BCUT2D eigenvalue weighted by Gasteiger charge is -2.30. The molecule has 3 nitrogen and oxygen atoms in total. The Kier molecular flexibility index (Phi) is 2.61. The zero-order chi connectivity index (χ0) is 12.5. The summed E-state index contributed by atoms with van der Waals surface area (Å²) in [5.41, 5.74) is 7.49. The van der Waals surface area contributed by atoms with Gasteiger partial charge >= 0.3 is 0 Å². The van der Waals surface area contributed by atoms with Crippen LogP contribution in [0.3, 0.4) is 0 Å². The molecule has 0 saturated heterocycles. The second-order valence-corrected chi connectivity index (χ2v) is 4.34. The van der Waals surface area contributed by atoms with E-state index in [9.17, 15) is 4.79 Å². The average molecular weight is 239 g/mol. The van der Waals surface area contributed by atoms with Crippen molar-refractivity contribution in [2.24, 2.45) is 5.73 Å². The van der Waals surface area contributed by atoms with Crippen molar-refractivity contribution in [2.45, 2.75) is 12.1 Å². The lowest BCUT2D eigenvalue weighted by molar-refractivity contribution is 0.0789. The Morgan fingerprint density at radius 3 is 2.39 bits per heavy atom. The lowest BCUT2D eigenvalue weighted by Crippen LogP contribution is -2.42. The average Bonchev–Trinajstić information content (AvgIpc) is 2.44. The summed E-state index contributed by atoms with van der Waals surface area (Å²) in [5, 5.41) is 0. The van der Waals surface area contributed by atoms with Crippen molar-refractivity contribution in [2.75, 3.05) is 0 Å². The fourth-order valence-corrected chi connectivity index (χ4v) is 2.22. The molecule has 90 valence electrons. The molecule has 0 radical (unpaired) electrons. The smallest absolute Gasteiger partial charge is 0.187 e. The predicted molar refractivity (Wildman–Crippen MR) is 68.6 cm³/mol. The highest BCUT2D eigenvalue weighted by atomic mass is 16.5. The third-order valence-corrected chi connectivity index (χ3v) is 3.16. The van der Waals surface area contributed by atoms with E-state index >= 15 is 0 Å². The van der Waals surface area contributed by atoms with E-state index in [1.807, 2.05) is 42.5 Å². The molecule has 2 atom stereocenters. The molecule has 0 saturated carbocycles. The number of carbonyl (C=O) groups excluding carboxylic acids is 1. The first-order valence-electron chi connectivity index (χ1n) is 5.88. The second kappa shape index (κ2) is 4.27. The zero-order valence-corrected chi connectivity index (χ0v) is 9.74. The third kappa shape index (κ3) is 1.69. The lowest BCUT2D eigenvalue weighted by atomic mass is 9.92. The second-order valence-electron chi connectivity index (χ2n) is 4.34. The van der Waals surface area contributed by atoms with Crippen LogP contribution in [0.15, 0.2) is 54.6 Å². The maximum absolute atomic E-state index is 12.2. The van der Waals surface area contributed by atoms with Crippen molar-refractivity contribution in [1.29, 1.82) is 0 Å². The molecule has 0 aromatic heterocycles. The minimum atomic E-state index is -0.651. The van der Waals surface area contributed by atoms with Crippen LogP contribution in [0.25, 0.3) is 0 Å². The zero-order valence-electron chi connectivity index (χ0n) is 9.74. The number of nitrogens with two attached hydrogens (primary N) is 1. The monoisotopic (exact) mass is 239 g/mol. The number of hydrogen-bond donors (Lipinski definition) is 1. The minimum absolute atomic E-state index is 0.0642. The Hall–Kier alpha value is -2.13. The summed E-state index contributed by atoms with van der Waals surface area (Å²) in [4.78, 5) is 12.2. The van der Waals surface area contributed by atoms with Crippen LogP contribution in [0, 0.1) is 0 Å². The van der Waals surface area contributed by atoms with E-state index in [0.717, 1.165) is 5.56 Å². The molecule has 0 bridgehead atoms. The summed E-state index contributed by atoms with van der Waals surface area (Å²) in [6.45, 7) is 0. The van der Waals surface area contributed by atoms with Crippen LogP contribution in [0.4, 0.5) is 0 Å². The van der Waals surface area contributed by atoms with Crippen LogP contribution in [-0.2, 0) is 0 Å². The van der Waals surface area contributed by atoms with E-state index in [1.54, 1.807) is 12.1 Å². The number of benzene rings is 2. The van der Waals surface area contributed by atoms with Gasteiger partial charge in [0.05, 0.1) is 5.56 Å². The predicted octanol–water partition coefficient (Wildman–Crippen LogP) is 2.33. The Bertz CT molecular complexity index is 580. The number of para-hydroxylation sites is 1. The Morgan fingerprint density at radius 1 is 0.944 bits per heavy atom. The molecule has 1 heterocycles. The van der Waals surface area contributed by atoms with Gasteiger partial charge in [0.1, 0.15) is 17.9 Å². The van der Waals surface area contributed by atoms with Crippen LogP contribution in [-0.4, -0.2) is 11.8 Å². The summed E-state index contributed by atoms with van der Waals surface area (Å²) in [5.74, 6) is 0.545. The van der Waals surface area contributed by atoms with Gasteiger partial charge in [0, 0.05) is 0 Å². The Morgan fingerprint density at radius 2 is 1.61 bits per heavy atom. The number of Topliss-reactive ketones (excluding diaryl/α,β-unsaturated/α-hetero) is 1. The first-order valence-corrected chi connectivity index (χ1v) is 5.88. The quantitative estimate of drug-likeness (QED) is 0.831. The van der Waals surface area contributed by atoms with Crippen LogP contribution in [0.5, 0.6) is 5.75 Å². The number of hydrogen-bond acceptors (Lipinski definition) is 3. The van der Waals surface area contributed by atoms with Crippen molar-refractivity contribution >= 4 is 5.78 Å². The van der Waals surface area contributed by atoms with Gasteiger partial charge in [-0.2, -0.15) is 0 Å². The molecular formula is C15H13NO2. The molecule has 3 heteroatoms. The number of fused-ring (bicyclic) bond motifs is 1. The molecule has 18 heavy (non-hydrogen) atoms. The SMILES string of the molecule is N[C@H]1C(=O)c2ccccc2O[C@@H]1c1ccccc1. The van der Waals surface area contributed by atoms with Crippen LogP contribution < -0.4 is 10.5 Å². The number of ketones is 1. The molecule has 3 rings (SSSR count). The summed E-state index contributed by atoms with van der Waals surface area (Å²) in [7, 11) is 0. The van der Waals surface area contributed by atoms with Crippen LogP contribution >= 0.6 is 0 Å². The van der Waals surface area contributed by atoms with Crippen LogP contribution in [0.1, 0.15) is 22.0 Å². The van der Waals surface area contributed by atoms with E-state index in [0.29, 0.717) is 11.3 Å². The molecule has 2 N–H and O–H groups in total. The first-order chi connectivity index (χ1) is 8.77. The number of ether oxygens (including phenoxy) is 1. The van der Waals surface area contributed by atoms with Gasteiger partial charge in [-0.25, -0.2) is 0 Å². The fraction of sp³-hybridized carbons (Fsp3) is 0.133. The van der Waals surface area contributed by atoms with E-state index in [4.69, 9.17) is 10.5 Å².